The van der Waals surface area contributed by atoms with Gasteiger partial charge in [0.25, 0.3) is 0 Å². The van der Waals surface area contributed by atoms with Crippen LogP contribution in [0.25, 0.3) is 0 Å². The summed E-state index contributed by atoms with van der Waals surface area (Å²) >= 11 is 0. The molecule has 2 fully saturated rings. The predicted octanol–water partition coefficient (Wildman–Crippen LogP) is 2.28. The van der Waals surface area contributed by atoms with E-state index in [1.54, 1.807) is 0 Å². The molecule has 1 aromatic rings. The van der Waals surface area contributed by atoms with E-state index in [4.69, 9.17) is 0 Å². The van der Waals surface area contributed by atoms with Gasteiger partial charge in [-0.05, 0) is 44.5 Å². The van der Waals surface area contributed by atoms with Crippen LogP contribution in [0.15, 0.2) is 30.3 Å². The van der Waals surface area contributed by atoms with Gasteiger partial charge in [0, 0.05) is 12.2 Å². The second-order valence-electron chi connectivity index (χ2n) is 5.23. The molecule has 0 spiro atoms. The normalized spacial score (nSPS) is 25.7. The van der Waals surface area contributed by atoms with E-state index in [2.05, 4.69) is 4.90 Å². The zero-order valence-corrected chi connectivity index (χ0v) is 10.7. The molecule has 1 amide bonds. The lowest BCUT2D eigenvalue weighted by Gasteiger charge is -2.31. The zero-order chi connectivity index (χ0) is 12.4. The van der Waals surface area contributed by atoms with Crippen LogP contribution in [0.3, 0.4) is 0 Å². The van der Waals surface area contributed by atoms with Gasteiger partial charge in [0.1, 0.15) is 0 Å². The second kappa shape index (κ2) is 5.11. The fourth-order valence-corrected chi connectivity index (χ4v) is 3.10. The van der Waals surface area contributed by atoms with Gasteiger partial charge in [0.15, 0.2) is 0 Å². The summed E-state index contributed by atoms with van der Waals surface area (Å²) in [7, 11) is 0. The molecule has 96 valence electrons. The lowest BCUT2D eigenvalue weighted by molar-refractivity contribution is -0.122. The highest BCUT2D eigenvalue weighted by Gasteiger charge is 2.36. The van der Waals surface area contributed by atoms with Crippen molar-refractivity contribution in [2.45, 2.75) is 31.7 Å². The van der Waals surface area contributed by atoms with Gasteiger partial charge in [-0.3, -0.25) is 9.69 Å². The van der Waals surface area contributed by atoms with E-state index in [0.29, 0.717) is 5.91 Å². The minimum Gasteiger partial charge on any atom is -0.311 e. The van der Waals surface area contributed by atoms with Crippen molar-refractivity contribution in [1.29, 1.82) is 0 Å². The van der Waals surface area contributed by atoms with Crippen LogP contribution in [-0.4, -0.2) is 36.5 Å². The Labute approximate surface area is 108 Å². The molecule has 0 radical (unpaired) electrons. The molecule has 2 saturated heterocycles. The molecule has 0 aromatic heterocycles. The van der Waals surface area contributed by atoms with Crippen molar-refractivity contribution < 1.29 is 4.79 Å². The molecule has 1 aromatic carbocycles. The Morgan fingerprint density at radius 3 is 2.39 bits per heavy atom. The molecule has 0 N–H and O–H groups in total. The van der Waals surface area contributed by atoms with Gasteiger partial charge in [0.2, 0.25) is 5.91 Å². The Hall–Kier alpha value is -1.35. The molecule has 3 nitrogen and oxygen atoms in total. The highest BCUT2D eigenvalue weighted by Crippen LogP contribution is 2.25. The van der Waals surface area contributed by atoms with Gasteiger partial charge in [-0.1, -0.05) is 24.6 Å². The van der Waals surface area contributed by atoms with Gasteiger partial charge in [-0.25, -0.2) is 0 Å². The number of benzene rings is 1. The van der Waals surface area contributed by atoms with E-state index in [1.807, 2.05) is 35.2 Å². The average molecular weight is 244 g/mol. The smallest absolute Gasteiger partial charge is 0.244 e. The van der Waals surface area contributed by atoms with Gasteiger partial charge in [0.05, 0.1) is 6.04 Å². The van der Waals surface area contributed by atoms with Crippen LogP contribution in [0, 0.1) is 0 Å². The van der Waals surface area contributed by atoms with E-state index in [-0.39, 0.29) is 6.04 Å². The monoisotopic (exact) mass is 244 g/mol. The van der Waals surface area contributed by atoms with Crippen molar-refractivity contribution in [3.05, 3.63) is 30.3 Å². The van der Waals surface area contributed by atoms with Gasteiger partial charge < -0.3 is 4.90 Å². The summed E-state index contributed by atoms with van der Waals surface area (Å²) in [6.07, 6.45) is 4.79. The van der Waals surface area contributed by atoms with Crippen molar-refractivity contribution >= 4 is 11.6 Å². The first-order valence-electron chi connectivity index (χ1n) is 6.97. The maximum Gasteiger partial charge on any atom is 0.244 e. The number of piperidine rings is 1. The van der Waals surface area contributed by atoms with Gasteiger partial charge in [-0.2, -0.15) is 0 Å². The minimum atomic E-state index is 0.130. The first kappa shape index (κ1) is 11.7. The molecular weight excluding hydrogens is 224 g/mol. The molecular formula is C15H20N2O. The lowest BCUT2D eigenvalue weighted by Crippen LogP contribution is -2.44. The molecule has 1 atom stereocenters. The van der Waals surface area contributed by atoms with Crippen molar-refractivity contribution in [1.82, 2.24) is 4.90 Å². The topological polar surface area (TPSA) is 23.6 Å². The van der Waals surface area contributed by atoms with E-state index in [9.17, 15) is 4.79 Å². The molecule has 2 aliphatic heterocycles. The molecule has 2 heterocycles. The molecule has 0 aliphatic carbocycles. The summed E-state index contributed by atoms with van der Waals surface area (Å²) in [5.74, 6) is 0.295. The number of rotatable bonds is 2. The third-order valence-electron chi connectivity index (χ3n) is 4.08. The van der Waals surface area contributed by atoms with Crippen molar-refractivity contribution in [2.75, 3.05) is 24.5 Å². The first-order chi connectivity index (χ1) is 8.86. The fourth-order valence-electron chi connectivity index (χ4n) is 3.10. The first-order valence-corrected chi connectivity index (χ1v) is 6.97. The molecule has 3 heteroatoms. The van der Waals surface area contributed by atoms with Crippen molar-refractivity contribution in [3.63, 3.8) is 0 Å². The van der Waals surface area contributed by atoms with Crippen LogP contribution in [0.5, 0.6) is 0 Å². The van der Waals surface area contributed by atoms with E-state index in [0.717, 1.165) is 31.7 Å². The Morgan fingerprint density at radius 2 is 1.67 bits per heavy atom. The number of carbonyl (C=O) groups excluding carboxylic acids is 1. The zero-order valence-electron chi connectivity index (χ0n) is 10.7. The Balaban J connectivity index is 1.72. The van der Waals surface area contributed by atoms with Crippen LogP contribution in [-0.2, 0) is 4.79 Å². The van der Waals surface area contributed by atoms with Crippen LogP contribution in [0.2, 0.25) is 0 Å². The minimum absolute atomic E-state index is 0.130. The summed E-state index contributed by atoms with van der Waals surface area (Å²) in [6.45, 7) is 3.06. The fraction of sp³-hybridized carbons (Fsp3) is 0.533. The molecule has 2 aliphatic rings. The largest absolute Gasteiger partial charge is 0.311 e. The third-order valence-corrected chi connectivity index (χ3v) is 4.08. The Morgan fingerprint density at radius 1 is 0.944 bits per heavy atom. The third kappa shape index (κ3) is 2.15. The Kier molecular flexibility index (Phi) is 3.33. The van der Waals surface area contributed by atoms with Gasteiger partial charge in [-0.15, -0.1) is 0 Å². The summed E-state index contributed by atoms with van der Waals surface area (Å²) in [5, 5.41) is 0. The van der Waals surface area contributed by atoms with Crippen molar-refractivity contribution in [3.8, 4) is 0 Å². The molecule has 0 saturated carbocycles. The summed E-state index contributed by atoms with van der Waals surface area (Å²) < 4.78 is 0. The number of hydrogen-bond donors (Lipinski definition) is 0. The number of carbonyl (C=O) groups is 1. The van der Waals surface area contributed by atoms with E-state index >= 15 is 0 Å². The predicted molar refractivity (Wildman–Crippen MR) is 72.6 cm³/mol. The highest BCUT2D eigenvalue weighted by atomic mass is 16.2. The van der Waals surface area contributed by atoms with Crippen LogP contribution in [0.4, 0.5) is 5.69 Å². The van der Waals surface area contributed by atoms with E-state index in [1.165, 1.54) is 19.3 Å². The van der Waals surface area contributed by atoms with Crippen LogP contribution >= 0.6 is 0 Å². The van der Waals surface area contributed by atoms with Gasteiger partial charge >= 0.3 is 0 Å². The number of hydrogen-bond acceptors (Lipinski definition) is 2. The number of para-hydroxylation sites is 1. The molecule has 1 unspecified atom stereocenters. The Bertz CT molecular complexity index is 412. The summed E-state index contributed by atoms with van der Waals surface area (Å²) in [4.78, 5) is 16.8. The number of anilines is 1. The number of likely N-dealkylation sites (tertiary alicyclic amines) is 1. The summed E-state index contributed by atoms with van der Waals surface area (Å²) in [5.41, 5.74) is 1.04. The number of amides is 1. The molecule has 18 heavy (non-hydrogen) atoms. The SMILES string of the molecule is O=C1C(N2CCCCC2)CCN1c1ccccc1. The second-order valence-corrected chi connectivity index (χ2v) is 5.23. The molecule has 3 rings (SSSR count). The van der Waals surface area contributed by atoms with Crippen LogP contribution in [0.1, 0.15) is 25.7 Å². The van der Waals surface area contributed by atoms with E-state index < -0.39 is 0 Å². The van der Waals surface area contributed by atoms with Crippen molar-refractivity contribution in [2.24, 2.45) is 0 Å². The lowest BCUT2D eigenvalue weighted by atomic mass is 10.1. The highest BCUT2D eigenvalue weighted by molar-refractivity contribution is 5.99. The maximum atomic E-state index is 12.5. The summed E-state index contributed by atoms with van der Waals surface area (Å²) in [6, 6.07) is 10.2. The van der Waals surface area contributed by atoms with Crippen LogP contribution < -0.4 is 4.90 Å². The number of nitrogens with zero attached hydrogens (tertiary/aromatic N) is 2. The molecule has 0 bridgehead atoms. The maximum absolute atomic E-state index is 12.5. The quantitative estimate of drug-likeness (QED) is 0.797. The average Bonchev–Trinajstić information content (AvgIpc) is 2.83. The standard InChI is InChI=1S/C15H20N2O/c18-15-14(16-10-5-2-6-11-16)9-12-17(15)13-7-3-1-4-8-13/h1,3-4,7-8,14H,2,5-6,9-12H2.